The molecule has 4 heteroatoms. The highest BCUT2D eigenvalue weighted by Gasteiger charge is 2.14. The minimum atomic E-state index is 0.851. The van der Waals surface area contributed by atoms with Gasteiger partial charge in [-0.2, -0.15) is 0 Å². The second kappa shape index (κ2) is 5.21. The van der Waals surface area contributed by atoms with E-state index in [1.165, 1.54) is 31.4 Å². The van der Waals surface area contributed by atoms with E-state index in [2.05, 4.69) is 39.8 Å². The summed E-state index contributed by atoms with van der Waals surface area (Å²) in [5.41, 5.74) is 2.27. The van der Waals surface area contributed by atoms with Gasteiger partial charge in [-0.05, 0) is 37.0 Å². The van der Waals surface area contributed by atoms with Crippen molar-refractivity contribution in [1.82, 2.24) is 14.8 Å². The summed E-state index contributed by atoms with van der Waals surface area (Å²) in [7, 11) is 0. The lowest BCUT2D eigenvalue weighted by molar-refractivity contribution is 0.580. The molecule has 1 heterocycles. The Bertz CT molecular complexity index is 486. The molecule has 1 aromatic heterocycles. The summed E-state index contributed by atoms with van der Waals surface area (Å²) in [6.45, 7) is 1.09. The third kappa shape index (κ3) is 2.53. The SMILES string of the molecule is c1cc(NCC2CCCC2)cc(-n2cnnc2)c1. The third-order valence-electron chi connectivity index (χ3n) is 3.63. The van der Waals surface area contributed by atoms with E-state index in [1.807, 2.05) is 4.57 Å². The van der Waals surface area contributed by atoms with Crippen LogP contribution in [0.4, 0.5) is 5.69 Å². The van der Waals surface area contributed by atoms with Crippen LogP contribution in [0, 0.1) is 5.92 Å². The molecule has 0 bridgehead atoms. The molecular weight excluding hydrogens is 224 g/mol. The van der Waals surface area contributed by atoms with Crippen molar-refractivity contribution >= 4 is 5.69 Å². The van der Waals surface area contributed by atoms with E-state index in [9.17, 15) is 0 Å². The number of hydrogen-bond acceptors (Lipinski definition) is 3. The van der Waals surface area contributed by atoms with Gasteiger partial charge in [-0.25, -0.2) is 0 Å². The van der Waals surface area contributed by atoms with Crippen molar-refractivity contribution in [3.63, 3.8) is 0 Å². The molecule has 0 unspecified atom stereocenters. The minimum Gasteiger partial charge on any atom is -0.385 e. The van der Waals surface area contributed by atoms with Crippen molar-refractivity contribution in [3.05, 3.63) is 36.9 Å². The van der Waals surface area contributed by atoms with E-state index in [0.29, 0.717) is 0 Å². The number of benzene rings is 1. The van der Waals surface area contributed by atoms with Crippen molar-refractivity contribution in [3.8, 4) is 5.69 Å². The molecule has 1 aliphatic carbocycles. The van der Waals surface area contributed by atoms with Gasteiger partial charge in [-0.15, -0.1) is 10.2 Å². The molecule has 18 heavy (non-hydrogen) atoms. The van der Waals surface area contributed by atoms with Crippen molar-refractivity contribution < 1.29 is 0 Å². The molecule has 2 aromatic rings. The summed E-state index contributed by atoms with van der Waals surface area (Å²) >= 11 is 0. The van der Waals surface area contributed by atoms with Crippen LogP contribution in [0.15, 0.2) is 36.9 Å². The molecule has 1 saturated carbocycles. The zero-order valence-corrected chi connectivity index (χ0v) is 10.4. The summed E-state index contributed by atoms with van der Waals surface area (Å²) < 4.78 is 1.92. The maximum Gasteiger partial charge on any atom is 0.123 e. The molecule has 1 N–H and O–H groups in total. The molecule has 94 valence electrons. The summed E-state index contributed by atoms with van der Waals surface area (Å²) in [5.74, 6) is 0.851. The predicted octanol–water partition coefficient (Wildman–Crippen LogP) is 2.87. The number of nitrogens with one attached hydrogen (secondary N) is 1. The Kier molecular flexibility index (Phi) is 3.26. The monoisotopic (exact) mass is 242 g/mol. The van der Waals surface area contributed by atoms with Crippen LogP contribution in [0.1, 0.15) is 25.7 Å². The highest BCUT2D eigenvalue weighted by atomic mass is 15.2. The lowest BCUT2D eigenvalue weighted by atomic mass is 10.1. The Morgan fingerprint density at radius 3 is 2.72 bits per heavy atom. The fourth-order valence-corrected chi connectivity index (χ4v) is 2.59. The molecule has 3 rings (SSSR count). The summed E-state index contributed by atoms with van der Waals surface area (Å²) in [6, 6.07) is 8.37. The van der Waals surface area contributed by atoms with E-state index in [-0.39, 0.29) is 0 Å². The molecule has 1 fully saturated rings. The van der Waals surface area contributed by atoms with Gasteiger partial charge in [0.25, 0.3) is 0 Å². The highest BCUT2D eigenvalue weighted by Crippen LogP contribution is 2.25. The Hall–Kier alpha value is -1.84. The van der Waals surface area contributed by atoms with Crippen LogP contribution in [0.3, 0.4) is 0 Å². The minimum absolute atomic E-state index is 0.851. The van der Waals surface area contributed by atoms with Gasteiger partial charge in [0.1, 0.15) is 12.7 Å². The van der Waals surface area contributed by atoms with Crippen LogP contribution in [0.2, 0.25) is 0 Å². The first kappa shape index (κ1) is 11.3. The van der Waals surface area contributed by atoms with E-state index in [1.54, 1.807) is 12.7 Å². The summed E-state index contributed by atoms with van der Waals surface area (Å²) in [6.07, 6.45) is 8.97. The number of hydrogen-bond donors (Lipinski definition) is 1. The van der Waals surface area contributed by atoms with Crippen LogP contribution in [-0.4, -0.2) is 21.3 Å². The highest BCUT2D eigenvalue weighted by molar-refractivity contribution is 5.51. The maximum atomic E-state index is 3.83. The van der Waals surface area contributed by atoms with Crippen LogP contribution in [-0.2, 0) is 0 Å². The van der Waals surface area contributed by atoms with Crippen LogP contribution >= 0.6 is 0 Å². The van der Waals surface area contributed by atoms with Gasteiger partial charge < -0.3 is 5.32 Å². The van der Waals surface area contributed by atoms with Gasteiger partial charge in [-0.3, -0.25) is 4.57 Å². The Balaban J connectivity index is 1.67. The molecule has 1 aliphatic rings. The Morgan fingerprint density at radius 1 is 1.17 bits per heavy atom. The summed E-state index contributed by atoms with van der Waals surface area (Å²) in [4.78, 5) is 0. The average Bonchev–Trinajstić information content (AvgIpc) is 3.10. The first-order valence-corrected chi connectivity index (χ1v) is 6.61. The van der Waals surface area contributed by atoms with Crippen molar-refractivity contribution in [2.75, 3.05) is 11.9 Å². The lowest BCUT2D eigenvalue weighted by Gasteiger charge is -2.12. The van der Waals surface area contributed by atoms with E-state index >= 15 is 0 Å². The van der Waals surface area contributed by atoms with E-state index in [0.717, 1.165) is 18.2 Å². The summed E-state index contributed by atoms with van der Waals surface area (Å²) in [5, 5.41) is 11.2. The maximum absolute atomic E-state index is 3.83. The number of aromatic nitrogens is 3. The number of rotatable bonds is 4. The molecular formula is C14H18N4. The molecule has 0 amide bonds. The molecule has 4 nitrogen and oxygen atoms in total. The molecule has 0 atom stereocenters. The second-order valence-electron chi connectivity index (χ2n) is 4.95. The molecule has 0 spiro atoms. The van der Waals surface area contributed by atoms with Crippen molar-refractivity contribution in [1.29, 1.82) is 0 Å². The third-order valence-corrected chi connectivity index (χ3v) is 3.63. The Labute approximate surface area is 107 Å². The molecule has 0 aliphatic heterocycles. The normalized spacial score (nSPS) is 16.0. The first-order chi connectivity index (χ1) is 8.92. The number of nitrogens with zero attached hydrogens (tertiary/aromatic N) is 3. The standard InChI is InChI=1S/C14H18N4/c1-2-5-12(4-1)9-15-13-6-3-7-14(8-13)18-10-16-17-11-18/h3,6-8,10-12,15H,1-2,4-5,9H2. The quantitative estimate of drug-likeness (QED) is 0.896. The lowest BCUT2D eigenvalue weighted by Crippen LogP contribution is -2.11. The van der Waals surface area contributed by atoms with Crippen LogP contribution in [0.5, 0.6) is 0 Å². The predicted molar refractivity (Wildman–Crippen MR) is 71.8 cm³/mol. The van der Waals surface area contributed by atoms with Crippen LogP contribution in [0.25, 0.3) is 5.69 Å². The van der Waals surface area contributed by atoms with E-state index < -0.39 is 0 Å². The van der Waals surface area contributed by atoms with Gasteiger partial charge in [0, 0.05) is 12.2 Å². The van der Waals surface area contributed by atoms with Gasteiger partial charge in [0.15, 0.2) is 0 Å². The second-order valence-corrected chi connectivity index (χ2v) is 4.95. The Morgan fingerprint density at radius 2 is 1.94 bits per heavy atom. The van der Waals surface area contributed by atoms with Crippen molar-refractivity contribution in [2.24, 2.45) is 5.92 Å². The largest absolute Gasteiger partial charge is 0.385 e. The van der Waals surface area contributed by atoms with Crippen LogP contribution < -0.4 is 5.32 Å². The molecule has 0 saturated heterocycles. The van der Waals surface area contributed by atoms with Gasteiger partial charge in [0.2, 0.25) is 0 Å². The zero-order chi connectivity index (χ0) is 12.2. The molecule has 0 radical (unpaired) electrons. The average molecular weight is 242 g/mol. The fraction of sp³-hybridized carbons (Fsp3) is 0.429. The zero-order valence-electron chi connectivity index (χ0n) is 10.4. The van der Waals surface area contributed by atoms with Gasteiger partial charge >= 0.3 is 0 Å². The molecule has 1 aromatic carbocycles. The van der Waals surface area contributed by atoms with E-state index in [4.69, 9.17) is 0 Å². The van der Waals surface area contributed by atoms with Gasteiger partial charge in [0.05, 0.1) is 5.69 Å². The smallest absolute Gasteiger partial charge is 0.123 e. The number of anilines is 1. The van der Waals surface area contributed by atoms with Gasteiger partial charge in [-0.1, -0.05) is 18.9 Å². The fourth-order valence-electron chi connectivity index (χ4n) is 2.59. The topological polar surface area (TPSA) is 42.7 Å². The first-order valence-electron chi connectivity index (χ1n) is 6.61. The van der Waals surface area contributed by atoms with Crippen molar-refractivity contribution in [2.45, 2.75) is 25.7 Å².